The van der Waals surface area contributed by atoms with Crippen LogP contribution in [0.2, 0.25) is 0 Å². The summed E-state index contributed by atoms with van der Waals surface area (Å²) in [5, 5.41) is 25.4. The van der Waals surface area contributed by atoms with Crippen LogP contribution in [0.15, 0.2) is 21.8 Å². The van der Waals surface area contributed by atoms with E-state index in [9.17, 15) is 5.11 Å². The summed E-state index contributed by atoms with van der Waals surface area (Å²) < 4.78 is 1.88. The largest absolute Gasteiger partial charge is 0.384 e. The van der Waals surface area contributed by atoms with Gasteiger partial charge in [-0.15, -0.1) is 24.0 Å². The van der Waals surface area contributed by atoms with E-state index in [4.69, 9.17) is 0 Å². The molecule has 0 saturated carbocycles. The van der Waals surface area contributed by atoms with Gasteiger partial charge in [0.1, 0.15) is 5.60 Å². The van der Waals surface area contributed by atoms with Gasteiger partial charge in [-0.2, -0.15) is 16.4 Å². The highest BCUT2D eigenvalue weighted by Crippen LogP contribution is 2.22. The molecule has 2 heterocycles. The lowest BCUT2D eigenvalue weighted by molar-refractivity contribution is 0.0621. The number of nitrogens with one attached hydrogen (secondary N) is 2. The normalized spacial score (nSPS) is 13.9. The van der Waals surface area contributed by atoms with E-state index in [-0.39, 0.29) is 24.0 Å². The van der Waals surface area contributed by atoms with Gasteiger partial charge < -0.3 is 15.7 Å². The number of nitrogens with zero attached hydrogens (tertiary/aromatic N) is 3. The smallest absolute Gasteiger partial charge is 0.191 e. The molecule has 2 aromatic heterocycles. The van der Waals surface area contributed by atoms with Crippen LogP contribution in [0.3, 0.4) is 0 Å². The van der Waals surface area contributed by atoms with Crippen molar-refractivity contribution in [2.45, 2.75) is 39.8 Å². The van der Waals surface area contributed by atoms with Crippen LogP contribution in [-0.4, -0.2) is 33.9 Å². The molecule has 0 aliphatic rings. The van der Waals surface area contributed by atoms with Crippen LogP contribution in [0.1, 0.15) is 36.4 Å². The van der Waals surface area contributed by atoms with Gasteiger partial charge in [-0.05, 0) is 50.1 Å². The Balaban J connectivity index is 0.00000312. The highest BCUT2D eigenvalue weighted by molar-refractivity contribution is 14.0. The fourth-order valence-electron chi connectivity index (χ4n) is 2.47. The molecule has 1 unspecified atom stereocenters. The summed E-state index contributed by atoms with van der Waals surface area (Å²) in [5.74, 6) is 0.690. The van der Waals surface area contributed by atoms with Gasteiger partial charge in [0.2, 0.25) is 0 Å². The second-order valence-electron chi connectivity index (χ2n) is 6.11. The van der Waals surface area contributed by atoms with Crippen molar-refractivity contribution in [3.63, 3.8) is 0 Å². The zero-order chi connectivity index (χ0) is 17.7. The van der Waals surface area contributed by atoms with Gasteiger partial charge in [0.05, 0.1) is 18.8 Å². The number of aryl methyl sites for hydroxylation is 2. The van der Waals surface area contributed by atoms with Crippen LogP contribution in [0.25, 0.3) is 0 Å². The molecule has 0 radical (unpaired) electrons. The van der Waals surface area contributed by atoms with E-state index in [1.165, 1.54) is 0 Å². The number of hydrogen-bond donors (Lipinski definition) is 3. The van der Waals surface area contributed by atoms with E-state index in [0.29, 0.717) is 19.0 Å². The van der Waals surface area contributed by atoms with Gasteiger partial charge in [0.15, 0.2) is 5.96 Å². The quantitative estimate of drug-likeness (QED) is 0.340. The van der Waals surface area contributed by atoms with Gasteiger partial charge in [-0.25, -0.2) is 4.99 Å². The van der Waals surface area contributed by atoms with Gasteiger partial charge in [0.25, 0.3) is 0 Å². The Morgan fingerprint density at radius 3 is 2.64 bits per heavy atom. The number of rotatable bonds is 6. The third kappa shape index (κ3) is 5.68. The van der Waals surface area contributed by atoms with E-state index in [0.717, 1.165) is 29.1 Å². The average Bonchev–Trinajstić information content (AvgIpc) is 3.14. The minimum atomic E-state index is -0.934. The van der Waals surface area contributed by atoms with E-state index in [1.807, 2.05) is 49.3 Å². The fraction of sp³-hybridized carbons (Fsp3) is 0.529. The van der Waals surface area contributed by atoms with Gasteiger partial charge in [-0.1, -0.05) is 0 Å². The van der Waals surface area contributed by atoms with E-state index in [2.05, 4.69) is 20.7 Å². The standard InChI is InChI=1S/C17H27N5OS.HI/c1-6-18-16(19-9-15-12(2)21-22(5)13(15)3)20-11-17(4,23)14-7-8-24-10-14;/h7-8,10,23H,6,9,11H2,1-5H3,(H2,18,19,20);1H. The molecule has 0 aliphatic heterocycles. The first-order valence-corrected chi connectivity index (χ1v) is 9.05. The maximum atomic E-state index is 10.6. The third-order valence-corrected chi connectivity index (χ3v) is 4.82. The maximum absolute atomic E-state index is 10.6. The molecular weight excluding hydrogens is 449 g/mol. The van der Waals surface area contributed by atoms with Gasteiger partial charge >= 0.3 is 0 Å². The number of aromatic nitrogens is 2. The number of hydrogen-bond acceptors (Lipinski definition) is 4. The first kappa shape index (κ1) is 21.9. The van der Waals surface area contributed by atoms with Crippen LogP contribution >= 0.6 is 35.3 Å². The molecule has 0 aromatic carbocycles. The summed E-state index contributed by atoms with van der Waals surface area (Å²) >= 11 is 1.58. The van der Waals surface area contributed by atoms with E-state index >= 15 is 0 Å². The zero-order valence-electron chi connectivity index (χ0n) is 15.5. The summed E-state index contributed by atoms with van der Waals surface area (Å²) in [5.41, 5.74) is 3.24. The van der Waals surface area contributed by atoms with Crippen LogP contribution in [-0.2, 0) is 19.2 Å². The Bertz CT molecular complexity index is 694. The fourth-order valence-corrected chi connectivity index (χ4v) is 3.26. The summed E-state index contributed by atoms with van der Waals surface area (Å²) in [6.45, 7) is 9.58. The molecule has 0 fully saturated rings. The summed E-state index contributed by atoms with van der Waals surface area (Å²) in [4.78, 5) is 4.64. The lowest BCUT2D eigenvalue weighted by Gasteiger charge is -2.24. The number of thiophene rings is 1. The number of halogens is 1. The Morgan fingerprint density at radius 1 is 1.40 bits per heavy atom. The SMILES string of the molecule is CCNC(=NCc1c(C)nn(C)c1C)NCC(C)(O)c1ccsc1.I. The van der Waals surface area contributed by atoms with Crippen LogP contribution in [0.4, 0.5) is 0 Å². The van der Waals surface area contributed by atoms with Crippen LogP contribution in [0.5, 0.6) is 0 Å². The summed E-state index contributed by atoms with van der Waals surface area (Å²) in [7, 11) is 1.94. The Labute approximate surface area is 170 Å². The molecule has 25 heavy (non-hydrogen) atoms. The molecule has 2 aromatic rings. The molecule has 0 aliphatic carbocycles. The topological polar surface area (TPSA) is 74.5 Å². The van der Waals surface area contributed by atoms with Crippen molar-refractivity contribution < 1.29 is 5.11 Å². The number of guanidine groups is 1. The molecule has 8 heteroatoms. The molecule has 1 atom stereocenters. The highest BCUT2D eigenvalue weighted by Gasteiger charge is 2.23. The lowest BCUT2D eigenvalue weighted by atomic mass is 9.99. The van der Waals surface area contributed by atoms with Crippen molar-refractivity contribution in [2.75, 3.05) is 13.1 Å². The second-order valence-corrected chi connectivity index (χ2v) is 6.89. The lowest BCUT2D eigenvalue weighted by Crippen LogP contribution is -2.44. The maximum Gasteiger partial charge on any atom is 0.191 e. The van der Waals surface area contributed by atoms with Gasteiger partial charge in [-0.3, -0.25) is 4.68 Å². The molecule has 0 amide bonds. The van der Waals surface area contributed by atoms with Crippen molar-refractivity contribution >= 4 is 41.3 Å². The average molecular weight is 477 g/mol. The molecule has 0 bridgehead atoms. The molecule has 6 nitrogen and oxygen atoms in total. The highest BCUT2D eigenvalue weighted by atomic mass is 127. The van der Waals surface area contributed by atoms with Crippen molar-refractivity contribution in [3.8, 4) is 0 Å². The number of aliphatic hydroxyl groups is 1. The molecular formula is C17H28IN5OS. The second kappa shape index (κ2) is 9.54. The van der Waals surface area contributed by atoms with Crippen molar-refractivity contribution in [1.82, 2.24) is 20.4 Å². The zero-order valence-corrected chi connectivity index (χ0v) is 18.6. The molecule has 0 saturated heterocycles. The monoisotopic (exact) mass is 477 g/mol. The molecule has 2 rings (SSSR count). The predicted octanol–water partition coefficient (Wildman–Crippen LogP) is 2.68. The van der Waals surface area contributed by atoms with E-state index in [1.54, 1.807) is 18.3 Å². The minimum absolute atomic E-state index is 0. The first-order chi connectivity index (χ1) is 11.3. The molecule has 140 valence electrons. The predicted molar refractivity (Wildman–Crippen MR) is 115 cm³/mol. The first-order valence-electron chi connectivity index (χ1n) is 8.11. The Kier molecular flexibility index (Phi) is 8.36. The summed E-state index contributed by atoms with van der Waals surface area (Å²) in [6.07, 6.45) is 0. The Hall–Kier alpha value is -1.13. The minimum Gasteiger partial charge on any atom is -0.384 e. The van der Waals surface area contributed by atoms with Crippen molar-refractivity contribution in [1.29, 1.82) is 0 Å². The van der Waals surface area contributed by atoms with E-state index < -0.39 is 5.60 Å². The number of aliphatic imine (C=N–C) groups is 1. The van der Waals surface area contributed by atoms with Crippen LogP contribution < -0.4 is 10.6 Å². The Morgan fingerprint density at radius 2 is 2.12 bits per heavy atom. The van der Waals surface area contributed by atoms with Crippen LogP contribution in [0, 0.1) is 13.8 Å². The van der Waals surface area contributed by atoms with Crippen molar-refractivity contribution in [3.05, 3.63) is 39.3 Å². The molecule has 0 spiro atoms. The van der Waals surface area contributed by atoms with Gasteiger partial charge in [0, 0.05) is 24.8 Å². The summed E-state index contributed by atoms with van der Waals surface area (Å²) in [6, 6.07) is 1.94. The van der Waals surface area contributed by atoms with Crippen molar-refractivity contribution in [2.24, 2.45) is 12.0 Å². The third-order valence-electron chi connectivity index (χ3n) is 4.14. The molecule has 3 N–H and O–H groups in total.